The van der Waals surface area contributed by atoms with E-state index in [1.54, 1.807) is 6.21 Å². The van der Waals surface area contributed by atoms with Crippen LogP contribution in [0.2, 0.25) is 0 Å². The van der Waals surface area contributed by atoms with E-state index in [1.165, 1.54) is 11.8 Å². The van der Waals surface area contributed by atoms with Gasteiger partial charge in [0.2, 0.25) is 0 Å². The van der Waals surface area contributed by atoms with Crippen LogP contribution in [0.25, 0.3) is 11.4 Å². The molecular weight excluding hydrogens is 414 g/mol. The van der Waals surface area contributed by atoms with Gasteiger partial charge in [0.25, 0.3) is 5.91 Å². The highest BCUT2D eigenvalue weighted by molar-refractivity contribution is 9.10. The van der Waals surface area contributed by atoms with Crippen LogP contribution in [0.1, 0.15) is 5.56 Å². The summed E-state index contributed by atoms with van der Waals surface area (Å²) < 4.78 is 2.87. The van der Waals surface area contributed by atoms with Gasteiger partial charge < -0.3 is 4.57 Å². The average molecular weight is 430 g/mol. The van der Waals surface area contributed by atoms with E-state index in [2.05, 4.69) is 36.7 Å². The molecule has 3 rings (SSSR count). The number of nitrogens with one attached hydrogen (secondary N) is 1. The van der Waals surface area contributed by atoms with Gasteiger partial charge >= 0.3 is 0 Å². The lowest BCUT2D eigenvalue weighted by molar-refractivity contribution is -0.118. The molecule has 0 saturated carbocycles. The number of amides is 1. The second-order valence-corrected chi connectivity index (χ2v) is 7.22. The fourth-order valence-electron chi connectivity index (χ4n) is 2.17. The maximum Gasteiger partial charge on any atom is 0.250 e. The molecule has 26 heavy (non-hydrogen) atoms. The Hall–Kier alpha value is -2.45. The lowest BCUT2D eigenvalue weighted by Gasteiger charge is -2.04. The smallest absolute Gasteiger partial charge is 0.250 e. The summed E-state index contributed by atoms with van der Waals surface area (Å²) in [6.07, 6.45) is 1.61. The second kappa shape index (κ2) is 8.77. The van der Waals surface area contributed by atoms with E-state index in [0.29, 0.717) is 5.16 Å². The van der Waals surface area contributed by atoms with E-state index >= 15 is 0 Å². The van der Waals surface area contributed by atoms with Crippen molar-refractivity contribution in [3.8, 4) is 11.4 Å². The van der Waals surface area contributed by atoms with Crippen LogP contribution in [0.4, 0.5) is 0 Å². The van der Waals surface area contributed by atoms with Crippen LogP contribution in [0.15, 0.2) is 69.3 Å². The van der Waals surface area contributed by atoms with Gasteiger partial charge in [-0.1, -0.05) is 70.2 Å². The molecule has 3 aromatic rings. The Morgan fingerprint density at radius 2 is 1.92 bits per heavy atom. The molecular formula is C18H16BrN5OS. The number of nitrogens with zero attached hydrogens (tertiary/aromatic N) is 4. The number of hydrazone groups is 1. The number of hydrogen-bond acceptors (Lipinski definition) is 5. The van der Waals surface area contributed by atoms with E-state index in [1.807, 2.05) is 66.2 Å². The maximum atomic E-state index is 11.9. The Morgan fingerprint density at radius 1 is 1.19 bits per heavy atom. The van der Waals surface area contributed by atoms with E-state index in [0.717, 1.165) is 21.4 Å². The van der Waals surface area contributed by atoms with Crippen molar-refractivity contribution in [3.63, 3.8) is 0 Å². The Labute approximate surface area is 163 Å². The molecule has 6 nitrogen and oxygen atoms in total. The highest BCUT2D eigenvalue weighted by Gasteiger charge is 2.12. The van der Waals surface area contributed by atoms with Gasteiger partial charge in [-0.3, -0.25) is 4.79 Å². The van der Waals surface area contributed by atoms with Crippen LogP contribution >= 0.6 is 27.7 Å². The summed E-state index contributed by atoms with van der Waals surface area (Å²) in [4.78, 5) is 11.9. The minimum absolute atomic E-state index is 0.199. The number of carbonyl (C=O) groups excluding carboxylic acids is 1. The Kier molecular flexibility index (Phi) is 6.19. The molecule has 0 fully saturated rings. The summed E-state index contributed by atoms with van der Waals surface area (Å²) >= 11 is 4.73. The first kappa shape index (κ1) is 18.3. The maximum absolute atomic E-state index is 11.9. The molecule has 0 radical (unpaired) electrons. The zero-order chi connectivity index (χ0) is 18.4. The van der Waals surface area contributed by atoms with E-state index in [-0.39, 0.29) is 11.7 Å². The molecule has 0 spiro atoms. The molecule has 0 aliphatic heterocycles. The minimum atomic E-state index is -0.199. The van der Waals surface area contributed by atoms with Gasteiger partial charge in [-0.05, 0) is 17.7 Å². The lowest BCUT2D eigenvalue weighted by Crippen LogP contribution is -2.19. The van der Waals surface area contributed by atoms with Crippen molar-refractivity contribution in [1.82, 2.24) is 20.2 Å². The monoisotopic (exact) mass is 429 g/mol. The number of halogens is 1. The number of rotatable bonds is 6. The number of aromatic nitrogens is 3. The van der Waals surface area contributed by atoms with Crippen LogP contribution in [-0.2, 0) is 11.8 Å². The van der Waals surface area contributed by atoms with Crippen LogP contribution in [0.5, 0.6) is 0 Å². The molecule has 0 aliphatic carbocycles. The number of thioether (sulfide) groups is 1. The van der Waals surface area contributed by atoms with Gasteiger partial charge in [0.05, 0.1) is 12.0 Å². The first-order valence-electron chi connectivity index (χ1n) is 7.78. The van der Waals surface area contributed by atoms with Gasteiger partial charge in [0.15, 0.2) is 11.0 Å². The molecule has 1 aromatic heterocycles. The predicted octanol–water partition coefficient (Wildman–Crippen LogP) is 3.49. The third kappa shape index (κ3) is 4.80. The first-order chi connectivity index (χ1) is 12.6. The molecule has 8 heteroatoms. The van der Waals surface area contributed by atoms with Crippen molar-refractivity contribution >= 4 is 39.8 Å². The van der Waals surface area contributed by atoms with Gasteiger partial charge in [0.1, 0.15) is 0 Å². The SMILES string of the molecule is Cn1c(SCC(=O)NN=Cc2ccccc2)nnc1-c1ccc(Br)cc1. The Morgan fingerprint density at radius 3 is 2.65 bits per heavy atom. The number of benzene rings is 2. The quantitative estimate of drug-likeness (QED) is 0.369. The van der Waals surface area contributed by atoms with Crippen LogP contribution in [0, 0.1) is 0 Å². The third-order valence-corrected chi connectivity index (χ3v) is 5.02. The van der Waals surface area contributed by atoms with Gasteiger partial charge in [-0.15, -0.1) is 10.2 Å². The molecule has 1 amide bonds. The zero-order valence-electron chi connectivity index (χ0n) is 14.0. The van der Waals surface area contributed by atoms with Gasteiger partial charge in [-0.2, -0.15) is 5.10 Å². The van der Waals surface area contributed by atoms with Crippen molar-refractivity contribution in [2.75, 3.05) is 5.75 Å². The van der Waals surface area contributed by atoms with Gasteiger partial charge in [0, 0.05) is 17.1 Å². The predicted molar refractivity (Wildman–Crippen MR) is 107 cm³/mol. The molecule has 1 N–H and O–H groups in total. The van der Waals surface area contributed by atoms with Crippen molar-refractivity contribution in [2.45, 2.75) is 5.16 Å². The fraction of sp³-hybridized carbons (Fsp3) is 0.111. The number of carbonyl (C=O) groups is 1. The molecule has 0 aliphatic rings. The zero-order valence-corrected chi connectivity index (χ0v) is 16.4. The lowest BCUT2D eigenvalue weighted by atomic mass is 10.2. The van der Waals surface area contributed by atoms with E-state index < -0.39 is 0 Å². The molecule has 2 aromatic carbocycles. The van der Waals surface area contributed by atoms with Gasteiger partial charge in [-0.25, -0.2) is 5.43 Å². The van der Waals surface area contributed by atoms with Crippen LogP contribution < -0.4 is 5.43 Å². The van der Waals surface area contributed by atoms with Crippen LogP contribution in [0.3, 0.4) is 0 Å². The van der Waals surface area contributed by atoms with Crippen molar-refractivity contribution in [3.05, 3.63) is 64.6 Å². The largest absolute Gasteiger partial charge is 0.305 e. The van der Waals surface area contributed by atoms with Crippen LogP contribution in [-0.4, -0.2) is 32.6 Å². The van der Waals surface area contributed by atoms with Crippen molar-refractivity contribution in [1.29, 1.82) is 0 Å². The number of hydrogen-bond donors (Lipinski definition) is 1. The highest BCUT2D eigenvalue weighted by Crippen LogP contribution is 2.23. The molecule has 0 bridgehead atoms. The molecule has 0 atom stereocenters. The Bertz CT molecular complexity index is 909. The third-order valence-electron chi connectivity index (χ3n) is 3.47. The summed E-state index contributed by atoms with van der Waals surface area (Å²) in [5, 5.41) is 13.0. The summed E-state index contributed by atoms with van der Waals surface area (Å²) in [7, 11) is 1.88. The van der Waals surface area contributed by atoms with E-state index in [9.17, 15) is 4.79 Å². The normalized spacial score (nSPS) is 11.0. The standard InChI is InChI=1S/C18H16BrN5OS/c1-24-17(14-7-9-15(19)10-8-14)22-23-18(24)26-12-16(25)21-20-11-13-5-3-2-4-6-13/h2-11H,12H2,1H3,(H,21,25). The summed E-state index contributed by atoms with van der Waals surface area (Å²) in [5.41, 5.74) is 4.40. The van der Waals surface area contributed by atoms with E-state index in [4.69, 9.17) is 0 Å². The Balaban J connectivity index is 1.55. The summed E-state index contributed by atoms with van der Waals surface area (Å²) in [5.74, 6) is 0.760. The first-order valence-corrected chi connectivity index (χ1v) is 9.56. The molecule has 0 saturated heterocycles. The highest BCUT2D eigenvalue weighted by atomic mass is 79.9. The second-order valence-electron chi connectivity index (χ2n) is 5.36. The molecule has 1 heterocycles. The molecule has 0 unspecified atom stereocenters. The fourth-order valence-corrected chi connectivity index (χ4v) is 3.14. The summed E-state index contributed by atoms with van der Waals surface area (Å²) in [6, 6.07) is 17.4. The average Bonchev–Trinajstić information content (AvgIpc) is 3.02. The molecule has 132 valence electrons. The summed E-state index contributed by atoms with van der Waals surface area (Å²) in [6.45, 7) is 0. The van der Waals surface area contributed by atoms with Crippen molar-refractivity contribution < 1.29 is 4.79 Å². The van der Waals surface area contributed by atoms with Crippen molar-refractivity contribution in [2.24, 2.45) is 12.1 Å². The minimum Gasteiger partial charge on any atom is -0.305 e. The topological polar surface area (TPSA) is 72.2 Å².